The number of aliphatic hydroxyl groups excluding tert-OH is 1. The molecule has 1 N–H and O–H groups in total. The first-order valence-electron chi connectivity index (χ1n) is 11.7. The van der Waals surface area contributed by atoms with Crippen molar-refractivity contribution < 1.29 is 27.8 Å². The number of amides is 1. The van der Waals surface area contributed by atoms with E-state index in [9.17, 15) is 23.1 Å². The maximum Gasteiger partial charge on any atom is 0.416 e. The van der Waals surface area contributed by atoms with E-state index in [1.165, 1.54) is 24.1 Å². The number of halogens is 3. The number of alkyl halides is 3. The molecule has 36 heavy (non-hydrogen) atoms. The zero-order valence-electron chi connectivity index (χ0n) is 20.2. The summed E-state index contributed by atoms with van der Waals surface area (Å²) in [6.07, 6.45) is -6.21. The number of benzene rings is 3. The molecule has 0 spiro atoms. The predicted octanol–water partition coefficient (Wildman–Crippen LogP) is 4.88. The molecule has 190 valence electrons. The Bertz CT molecular complexity index is 1180. The van der Waals surface area contributed by atoms with Crippen LogP contribution in [0, 0.1) is 0 Å². The maximum atomic E-state index is 14.0. The lowest BCUT2D eigenvalue weighted by molar-refractivity contribution is -0.138. The highest BCUT2D eigenvalue weighted by molar-refractivity contribution is 5.99. The van der Waals surface area contributed by atoms with Crippen molar-refractivity contribution in [3.05, 3.63) is 95.1 Å². The SMILES string of the molecule is COc1ccc([C@@H]2Cc3c(cccc3C(F)(F)F)N(CCN(C)Cc3ccccc3)C(=O)[C@@H]2O)cc1. The molecule has 8 heteroatoms. The average molecular weight is 499 g/mol. The molecule has 0 aromatic heterocycles. The lowest BCUT2D eigenvalue weighted by atomic mass is 9.86. The molecule has 1 aliphatic heterocycles. The highest BCUT2D eigenvalue weighted by Gasteiger charge is 2.41. The Hall–Kier alpha value is -3.36. The lowest BCUT2D eigenvalue weighted by Crippen LogP contribution is -2.44. The summed E-state index contributed by atoms with van der Waals surface area (Å²) in [7, 11) is 3.40. The standard InChI is InChI=1S/C28H29F3N2O3/c1-32(18-19-7-4-3-5-8-19)15-16-33-25-10-6-9-24(28(29,30)31)23(25)17-22(26(34)27(33)35)20-11-13-21(36-2)14-12-20/h3-14,22,26,34H,15-18H2,1-2H3/t22-,26+/m0/s1. The van der Waals surface area contributed by atoms with Crippen molar-refractivity contribution in [1.29, 1.82) is 0 Å². The third kappa shape index (κ3) is 5.55. The third-order valence-electron chi connectivity index (χ3n) is 6.62. The number of hydrogen-bond acceptors (Lipinski definition) is 4. The van der Waals surface area contributed by atoms with Crippen LogP contribution < -0.4 is 9.64 Å². The summed E-state index contributed by atoms with van der Waals surface area (Å²) in [6, 6.07) is 20.4. The van der Waals surface area contributed by atoms with Gasteiger partial charge in [-0.25, -0.2) is 0 Å². The number of likely N-dealkylation sites (N-methyl/N-ethyl adjacent to an activating group) is 1. The van der Waals surface area contributed by atoms with Gasteiger partial charge in [-0.15, -0.1) is 0 Å². The molecule has 1 heterocycles. The van der Waals surface area contributed by atoms with Crippen LogP contribution in [0.15, 0.2) is 72.8 Å². The van der Waals surface area contributed by atoms with E-state index in [2.05, 4.69) is 0 Å². The van der Waals surface area contributed by atoms with Gasteiger partial charge in [0, 0.05) is 31.2 Å². The van der Waals surface area contributed by atoms with E-state index in [-0.39, 0.29) is 24.2 Å². The van der Waals surface area contributed by atoms with Crippen molar-refractivity contribution in [1.82, 2.24) is 4.90 Å². The Morgan fingerprint density at radius 1 is 1.03 bits per heavy atom. The number of ether oxygens (including phenoxy) is 1. The minimum atomic E-state index is -4.59. The van der Waals surface area contributed by atoms with E-state index in [1.54, 1.807) is 24.3 Å². The molecule has 3 aromatic rings. The summed E-state index contributed by atoms with van der Waals surface area (Å²) in [6.45, 7) is 1.18. The van der Waals surface area contributed by atoms with Crippen LogP contribution >= 0.6 is 0 Å². The van der Waals surface area contributed by atoms with Crippen LogP contribution in [0.1, 0.15) is 28.2 Å². The fourth-order valence-corrected chi connectivity index (χ4v) is 4.72. The molecule has 0 bridgehead atoms. The van der Waals surface area contributed by atoms with E-state index in [0.717, 1.165) is 11.6 Å². The molecule has 0 saturated heterocycles. The summed E-state index contributed by atoms with van der Waals surface area (Å²) in [5, 5.41) is 11.1. The minimum Gasteiger partial charge on any atom is -0.497 e. The monoisotopic (exact) mass is 498 g/mol. The molecule has 3 aromatic carbocycles. The summed E-state index contributed by atoms with van der Waals surface area (Å²) in [5.74, 6) is -0.868. The van der Waals surface area contributed by atoms with Crippen LogP contribution in [0.25, 0.3) is 0 Å². The van der Waals surface area contributed by atoms with Crippen LogP contribution in [0.4, 0.5) is 18.9 Å². The van der Waals surface area contributed by atoms with Gasteiger partial charge >= 0.3 is 6.18 Å². The van der Waals surface area contributed by atoms with Gasteiger partial charge in [0.05, 0.1) is 12.7 Å². The smallest absolute Gasteiger partial charge is 0.416 e. The molecule has 1 amide bonds. The Balaban J connectivity index is 1.68. The van der Waals surface area contributed by atoms with Crippen molar-refractivity contribution in [2.75, 3.05) is 32.1 Å². The molecule has 2 atom stereocenters. The van der Waals surface area contributed by atoms with Gasteiger partial charge in [-0.05, 0) is 54.4 Å². The van der Waals surface area contributed by atoms with Crippen molar-refractivity contribution in [3.8, 4) is 5.75 Å². The third-order valence-corrected chi connectivity index (χ3v) is 6.62. The van der Waals surface area contributed by atoms with Gasteiger partial charge in [0.2, 0.25) is 0 Å². The Morgan fingerprint density at radius 2 is 1.72 bits per heavy atom. The summed E-state index contributed by atoms with van der Waals surface area (Å²) < 4.78 is 47.2. The first-order valence-corrected chi connectivity index (χ1v) is 11.7. The number of aliphatic hydroxyl groups is 1. The number of hydrogen-bond donors (Lipinski definition) is 1. The number of fused-ring (bicyclic) bond motifs is 1. The van der Waals surface area contributed by atoms with Gasteiger partial charge in [0.1, 0.15) is 11.9 Å². The largest absolute Gasteiger partial charge is 0.497 e. The number of rotatable bonds is 7. The molecule has 0 unspecified atom stereocenters. The van der Waals surface area contributed by atoms with Crippen LogP contribution in [-0.4, -0.2) is 49.3 Å². The molecule has 4 rings (SSSR count). The predicted molar refractivity (Wildman–Crippen MR) is 132 cm³/mol. The van der Waals surface area contributed by atoms with E-state index in [0.29, 0.717) is 24.4 Å². The molecular formula is C28H29F3N2O3. The van der Waals surface area contributed by atoms with E-state index in [4.69, 9.17) is 4.74 Å². The van der Waals surface area contributed by atoms with Gasteiger partial charge in [-0.3, -0.25) is 4.79 Å². The fourth-order valence-electron chi connectivity index (χ4n) is 4.72. The van der Waals surface area contributed by atoms with Crippen LogP contribution in [-0.2, 0) is 23.9 Å². The molecule has 0 saturated carbocycles. The van der Waals surface area contributed by atoms with Crippen LogP contribution in [0.5, 0.6) is 5.75 Å². The van der Waals surface area contributed by atoms with E-state index < -0.39 is 29.7 Å². The number of methoxy groups -OCH3 is 1. The fraction of sp³-hybridized carbons (Fsp3) is 0.321. The highest BCUT2D eigenvalue weighted by atomic mass is 19.4. The molecular weight excluding hydrogens is 469 g/mol. The lowest BCUT2D eigenvalue weighted by Gasteiger charge is -2.28. The minimum absolute atomic E-state index is 0.0152. The highest BCUT2D eigenvalue weighted by Crippen LogP contribution is 2.42. The Kier molecular flexibility index (Phi) is 7.66. The first kappa shape index (κ1) is 25.7. The summed E-state index contributed by atoms with van der Waals surface area (Å²) >= 11 is 0. The second kappa shape index (κ2) is 10.7. The van der Waals surface area contributed by atoms with Gasteiger partial charge in [0.15, 0.2) is 0 Å². The van der Waals surface area contributed by atoms with E-state index in [1.807, 2.05) is 42.3 Å². The van der Waals surface area contributed by atoms with Crippen LogP contribution in [0.2, 0.25) is 0 Å². The first-order chi connectivity index (χ1) is 17.2. The molecule has 0 fully saturated rings. The molecule has 0 aliphatic carbocycles. The van der Waals surface area contributed by atoms with E-state index >= 15 is 0 Å². The number of anilines is 1. The average Bonchev–Trinajstić information content (AvgIpc) is 2.97. The van der Waals surface area contributed by atoms with Crippen LogP contribution in [0.3, 0.4) is 0 Å². The topological polar surface area (TPSA) is 53.0 Å². The number of carbonyl (C=O) groups excluding carboxylic acids is 1. The second-order valence-corrected chi connectivity index (χ2v) is 9.04. The zero-order valence-corrected chi connectivity index (χ0v) is 20.2. The molecule has 1 aliphatic rings. The number of nitrogens with zero attached hydrogens (tertiary/aromatic N) is 2. The summed E-state index contributed by atoms with van der Waals surface area (Å²) in [5.41, 5.74) is 1.08. The quantitative estimate of drug-likeness (QED) is 0.505. The van der Waals surface area contributed by atoms with Gasteiger partial charge in [-0.1, -0.05) is 48.5 Å². The van der Waals surface area contributed by atoms with Gasteiger partial charge < -0.3 is 19.6 Å². The van der Waals surface area contributed by atoms with Crippen molar-refractivity contribution in [2.45, 2.75) is 31.2 Å². The molecule has 5 nitrogen and oxygen atoms in total. The van der Waals surface area contributed by atoms with Crippen molar-refractivity contribution in [3.63, 3.8) is 0 Å². The normalized spacial score (nSPS) is 18.2. The van der Waals surface area contributed by atoms with Gasteiger partial charge in [0.25, 0.3) is 5.91 Å². The Morgan fingerprint density at radius 3 is 2.36 bits per heavy atom. The summed E-state index contributed by atoms with van der Waals surface area (Å²) in [4.78, 5) is 16.8. The van der Waals surface area contributed by atoms with Gasteiger partial charge in [-0.2, -0.15) is 13.2 Å². The maximum absolute atomic E-state index is 14.0. The molecule has 0 radical (unpaired) electrons. The zero-order chi connectivity index (χ0) is 25.9. The van der Waals surface area contributed by atoms with Crippen molar-refractivity contribution in [2.24, 2.45) is 0 Å². The Labute approximate surface area is 208 Å². The second-order valence-electron chi connectivity index (χ2n) is 9.04. The number of carbonyl (C=O) groups is 1. The van der Waals surface area contributed by atoms with Crippen molar-refractivity contribution >= 4 is 11.6 Å².